The number of aliphatic hydroxyl groups excluding tert-OH is 1. The van der Waals surface area contributed by atoms with Gasteiger partial charge in [-0.05, 0) is 50.7 Å². The van der Waals surface area contributed by atoms with Crippen molar-refractivity contribution in [2.45, 2.75) is 69.9 Å². The van der Waals surface area contributed by atoms with Crippen molar-refractivity contribution in [2.75, 3.05) is 37.6 Å². The molecule has 1 aliphatic heterocycles. The molecule has 1 atom stereocenters. The van der Waals surface area contributed by atoms with Crippen LogP contribution in [0.1, 0.15) is 44.1 Å². The summed E-state index contributed by atoms with van der Waals surface area (Å²) in [5, 5.41) is 34.8. The van der Waals surface area contributed by atoms with E-state index in [1.165, 1.54) is 23.5 Å². The number of aromatic hydroxyl groups is 2. The number of aliphatic hydroxyl groups is 1. The molecule has 3 aliphatic rings. The predicted molar refractivity (Wildman–Crippen MR) is 132 cm³/mol. The molecule has 0 amide bonds. The molecule has 2 heterocycles. The van der Waals surface area contributed by atoms with Gasteiger partial charge in [-0.3, -0.25) is 9.47 Å². The number of benzene rings is 1. The summed E-state index contributed by atoms with van der Waals surface area (Å²) in [7, 11) is 0. The van der Waals surface area contributed by atoms with Crippen LogP contribution in [-0.4, -0.2) is 75.8 Å². The summed E-state index contributed by atoms with van der Waals surface area (Å²) in [6.45, 7) is 3.89. The van der Waals surface area contributed by atoms with Crippen molar-refractivity contribution in [1.82, 2.24) is 14.8 Å². The van der Waals surface area contributed by atoms with Gasteiger partial charge in [0, 0.05) is 63.0 Å². The van der Waals surface area contributed by atoms with Crippen LogP contribution in [0.3, 0.4) is 0 Å². The Morgan fingerprint density at radius 2 is 1.74 bits per heavy atom. The molecule has 35 heavy (non-hydrogen) atoms. The quantitative estimate of drug-likeness (QED) is 0.409. The Morgan fingerprint density at radius 3 is 2.46 bits per heavy atom. The highest BCUT2D eigenvalue weighted by Gasteiger charge is 2.26. The lowest BCUT2D eigenvalue weighted by Crippen LogP contribution is -2.49. The minimum Gasteiger partial charge on any atom is -0.494 e. The smallest absolute Gasteiger partial charge is 0.198 e. The number of rotatable bonds is 10. The van der Waals surface area contributed by atoms with E-state index in [4.69, 9.17) is 4.74 Å². The van der Waals surface area contributed by atoms with E-state index in [-0.39, 0.29) is 30.2 Å². The number of hydrogen-bond acceptors (Lipinski definition) is 7. The molecule has 2 aromatic rings. The molecule has 5 rings (SSSR count). The molecule has 3 fully saturated rings. The van der Waals surface area contributed by atoms with Crippen LogP contribution in [0.5, 0.6) is 17.5 Å². The van der Waals surface area contributed by atoms with Gasteiger partial charge >= 0.3 is 0 Å². The van der Waals surface area contributed by atoms with Crippen LogP contribution in [-0.2, 0) is 13.1 Å². The first kappa shape index (κ1) is 24.2. The van der Waals surface area contributed by atoms with Crippen LogP contribution in [0.15, 0.2) is 24.3 Å². The molecule has 9 heteroatoms. The Morgan fingerprint density at radius 1 is 1.00 bits per heavy atom. The summed E-state index contributed by atoms with van der Waals surface area (Å²) in [6.07, 6.45) is 6.22. The maximum absolute atomic E-state index is 14.1. The number of aromatic nitrogens is 1. The Bertz CT molecular complexity index is 997. The molecule has 0 spiro atoms. The summed E-state index contributed by atoms with van der Waals surface area (Å²) in [6, 6.07) is 6.81. The van der Waals surface area contributed by atoms with Crippen molar-refractivity contribution in [3.8, 4) is 17.5 Å². The molecule has 192 valence electrons. The van der Waals surface area contributed by atoms with E-state index in [1.807, 2.05) is 0 Å². The van der Waals surface area contributed by atoms with Gasteiger partial charge in [0.1, 0.15) is 11.6 Å². The van der Waals surface area contributed by atoms with Gasteiger partial charge < -0.3 is 30.3 Å². The van der Waals surface area contributed by atoms with E-state index < -0.39 is 6.10 Å². The number of halogens is 1. The van der Waals surface area contributed by atoms with Crippen molar-refractivity contribution in [3.63, 3.8) is 0 Å². The maximum atomic E-state index is 14.1. The van der Waals surface area contributed by atoms with Crippen LogP contribution >= 0.6 is 0 Å². The zero-order valence-electron chi connectivity index (χ0n) is 20.2. The van der Waals surface area contributed by atoms with E-state index in [0.717, 1.165) is 50.2 Å². The van der Waals surface area contributed by atoms with Gasteiger partial charge in [-0.2, -0.15) is 0 Å². The highest BCUT2D eigenvalue weighted by Crippen LogP contribution is 2.34. The van der Waals surface area contributed by atoms with E-state index >= 15 is 0 Å². The zero-order chi connectivity index (χ0) is 24.4. The van der Waals surface area contributed by atoms with Gasteiger partial charge in [0.2, 0.25) is 0 Å². The van der Waals surface area contributed by atoms with Crippen molar-refractivity contribution in [2.24, 2.45) is 0 Å². The molecular formula is C26H37FN4O4. The highest BCUT2D eigenvalue weighted by molar-refractivity contribution is 5.59. The molecule has 1 saturated heterocycles. The monoisotopic (exact) mass is 488 g/mol. The molecule has 4 N–H and O–H groups in total. The molecule has 1 unspecified atom stereocenters. The number of hydrogen-bond donors (Lipinski definition) is 4. The molecule has 8 nitrogen and oxygen atoms in total. The van der Waals surface area contributed by atoms with Gasteiger partial charge in [0.15, 0.2) is 11.8 Å². The standard InChI is InChI=1S/C26H37FN4O4/c27-19-5-8-24(35-22-3-1-2-4-22)23(14-19)30-11-9-29(10-12-30)16-21(32)17-31-25(33)13-18(26(31)34)15-28-20-6-7-20/h5,8,13-14,20-22,28,32-34H,1-4,6-7,9-12,15-17H2. The second kappa shape index (κ2) is 10.6. The number of ether oxygens (including phenoxy) is 1. The lowest BCUT2D eigenvalue weighted by atomic mass is 10.2. The molecular weight excluding hydrogens is 451 g/mol. The second-order valence-electron chi connectivity index (χ2n) is 10.2. The molecule has 1 aromatic heterocycles. The minimum absolute atomic E-state index is 0.000385. The topological polar surface area (TPSA) is 93.4 Å². The lowest BCUT2D eigenvalue weighted by Gasteiger charge is -2.37. The summed E-state index contributed by atoms with van der Waals surface area (Å²) < 4.78 is 21.6. The average Bonchev–Trinajstić information content (AvgIpc) is 3.47. The fourth-order valence-corrected chi connectivity index (χ4v) is 5.19. The van der Waals surface area contributed by atoms with Gasteiger partial charge in [-0.15, -0.1) is 0 Å². The van der Waals surface area contributed by atoms with Crippen LogP contribution in [0.2, 0.25) is 0 Å². The lowest BCUT2D eigenvalue weighted by molar-refractivity contribution is 0.0907. The van der Waals surface area contributed by atoms with E-state index in [0.29, 0.717) is 37.8 Å². The van der Waals surface area contributed by atoms with Crippen molar-refractivity contribution in [1.29, 1.82) is 0 Å². The largest absolute Gasteiger partial charge is 0.494 e. The van der Waals surface area contributed by atoms with Crippen molar-refractivity contribution < 1.29 is 24.4 Å². The fourth-order valence-electron chi connectivity index (χ4n) is 5.19. The fraction of sp³-hybridized carbons (Fsp3) is 0.615. The van der Waals surface area contributed by atoms with E-state index in [1.54, 1.807) is 18.2 Å². The summed E-state index contributed by atoms with van der Waals surface area (Å²) >= 11 is 0. The third-order valence-corrected chi connectivity index (χ3v) is 7.37. The third kappa shape index (κ3) is 6.02. The second-order valence-corrected chi connectivity index (χ2v) is 10.2. The van der Waals surface area contributed by atoms with Crippen molar-refractivity contribution in [3.05, 3.63) is 35.6 Å². The van der Waals surface area contributed by atoms with E-state index in [2.05, 4.69) is 15.1 Å². The number of anilines is 1. The number of β-amino-alcohol motifs (C(OH)–C–C–N with tert-alkyl or cyclic N) is 1. The van der Waals surface area contributed by atoms with E-state index in [9.17, 15) is 19.7 Å². The Kier molecular flexibility index (Phi) is 7.36. The highest BCUT2D eigenvalue weighted by atomic mass is 19.1. The number of piperazine rings is 1. The third-order valence-electron chi connectivity index (χ3n) is 7.37. The van der Waals surface area contributed by atoms with Gasteiger partial charge in [-0.25, -0.2) is 4.39 Å². The van der Waals surface area contributed by atoms with Gasteiger partial charge in [0.25, 0.3) is 0 Å². The normalized spacial score (nSPS) is 20.5. The molecule has 0 bridgehead atoms. The SMILES string of the molecule is Oc1cc(CNC2CC2)c(O)n1CC(O)CN1CCN(c2cc(F)ccc2OC2CCCC2)CC1. The first-order valence-corrected chi connectivity index (χ1v) is 12.9. The first-order valence-electron chi connectivity index (χ1n) is 12.9. The Labute approximate surface area is 205 Å². The Balaban J connectivity index is 1.14. The molecule has 0 radical (unpaired) electrons. The zero-order valence-corrected chi connectivity index (χ0v) is 20.2. The van der Waals surface area contributed by atoms with Crippen LogP contribution in [0, 0.1) is 5.82 Å². The van der Waals surface area contributed by atoms with Gasteiger partial charge in [-0.1, -0.05) is 0 Å². The molecule has 1 aromatic carbocycles. The number of nitrogens with zero attached hydrogens (tertiary/aromatic N) is 3. The minimum atomic E-state index is -0.745. The van der Waals surface area contributed by atoms with Crippen LogP contribution in [0.25, 0.3) is 0 Å². The number of nitrogens with one attached hydrogen (secondary N) is 1. The molecule has 2 aliphatic carbocycles. The van der Waals surface area contributed by atoms with Gasteiger partial charge in [0.05, 0.1) is 24.4 Å². The summed E-state index contributed by atoms with van der Waals surface area (Å²) in [5.74, 6) is 0.437. The predicted octanol–water partition coefficient (Wildman–Crippen LogP) is 2.79. The van der Waals surface area contributed by atoms with Crippen LogP contribution in [0.4, 0.5) is 10.1 Å². The maximum Gasteiger partial charge on any atom is 0.198 e. The Hall–Kier alpha value is -2.49. The van der Waals surface area contributed by atoms with Crippen LogP contribution < -0.4 is 15.0 Å². The first-order chi connectivity index (χ1) is 17.0. The van der Waals surface area contributed by atoms with Crippen molar-refractivity contribution >= 4 is 5.69 Å². The summed E-state index contributed by atoms with van der Waals surface area (Å²) in [5.41, 5.74) is 1.44. The molecule has 2 saturated carbocycles. The average molecular weight is 489 g/mol. The summed E-state index contributed by atoms with van der Waals surface area (Å²) in [4.78, 5) is 4.31.